The Balaban J connectivity index is 0.00000182. The molecule has 2 aliphatic rings. The molecule has 138 valence electrons. The maximum absolute atomic E-state index is 5.46. The largest absolute Gasteiger partial charge is 0.379 e. The number of morpholine rings is 1. The smallest absolute Gasteiger partial charge is 0.194 e. The van der Waals surface area contributed by atoms with Crippen molar-refractivity contribution >= 4 is 46.2 Å². The van der Waals surface area contributed by atoms with Gasteiger partial charge in [0, 0.05) is 57.0 Å². The van der Waals surface area contributed by atoms with E-state index in [0.29, 0.717) is 12.6 Å². The zero-order valence-corrected chi connectivity index (χ0v) is 17.6. The lowest BCUT2D eigenvalue weighted by atomic mass is 10.2. The number of guanidine groups is 1. The van der Waals surface area contributed by atoms with Gasteiger partial charge in [-0.1, -0.05) is 0 Å². The minimum atomic E-state index is 0. The van der Waals surface area contributed by atoms with E-state index >= 15 is 0 Å². The van der Waals surface area contributed by atoms with Gasteiger partial charge in [0.1, 0.15) is 0 Å². The summed E-state index contributed by atoms with van der Waals surface area (Å²) in [4.78, 5) is 15.0. The molecule has 2 fully saturated rings. The van der Waals surface area contributed by atoms with Crippen molar-refractivity contribution in [2.45, 2.75) is 19.0 Å². The fourth-order valence-corrected chi connectivity index (χ4v) is 4.26. The van der Waals surface area contributed by atoms with Gasteiger partial charge in [0.15, 0.2) is 10.9 Å². The molecule has 2 aromatic heterocycles. The second-order valence-corrected chi connectivity index (χ2v) is 7.14. The highest BCUT2D eigenvalue weighted by Gasteiger charge is 2.30. The number of imidazole rings is 1. The Morgan fingerprint density at radius 1 is 1.40 bits per heavy atom. The molecule has 2 aromatic rings. The molecule has 9 heteroatoms. The van der Waals surface area contributed by atoms with Crippen molar-refractivity contribution in [3.63, 3.8) is 0 Å². The van der Waals surface area contributed by atoms with E-state index in [4.69, 9.17) is 4.74 Å². The SMILES string of the molecule is CN=C(NCc1cn2ccsc2n1)N1CCC(N2CCOCC2)C1.I. The van der Waals surface area contributed by atoms with Gasteiger partial charge < -0.3 is 15.0 Å². The third-order valence-electron chi connectivity index (χ3n) is 4.81. The van der Waals surface area contributed by atoms with Crippen LogP contribution in [0.15, 0.2) is 22.8 Å². The number of nitrogens with zero attached hydrogens (tertiary/aromatic N) is 5. The fourth-order valence-electron chi connectivity index (χ4n) is 3.54. The highest BCUT2D eigenvalue weighted by atomic mass is 127. The lowest BCUT2D eigenvalue weighted by molar-refractivity contribution is 0.0195. The summed E-state index contributed by atoms with van der Waals surface area (Å²) < 4.78 is 7.53. The van der Waals surface area contributed by atoms with Crippen LogP contribution in [0.3, 0.4) is 0 Å². The van der Waals surface area contributed by atoms with Gasteiger partial charge in [-0.25, -0.2) is 4.98 Å². The quantitative estimate of drug-likeness (QED) is 0.414. The van der Waals surface area contributed by atoms with Gasteiger partial charge in [0.05, 0.1) is 25.5 Å². The van der Waals surface area contributed by atoms with Crippen LogP contribution in [0.25, 0.3) is 4.96 Å². The number of halogens is 1. The van der Waals surface area contributed by atoms with E-state index in [2.05, 4.69) is 41.1 Å². The molecule has 0 saturated carbocycles. The van der Waals surface area contributed by atoms with Gasteiger partial charge in [-0.05, 0) is 6.42 Å². The molecule has 4 rings (SSSR count). The Kier molecular flexibility index (Phi) is 6.53. The number of nitrogens with one attached hydrogen (secondary N) is 1. The van der Waals surface area contributed by atoms with Crippen LogP contribution in [0.1, 0.15) is 12.1 Å². The number of ether oxygens (including phenoxy) is 1. The summed E-state index contributed by atoms with van der Waals surface area (Å²) in [7, 11) is 1.86. The van der Waals surface area contributed by atoms with Gasteiger partial charge in [-0.15, -0.1) is 35.3 Å². The monoisotopic (exact) mass is 476 g/mol. The summed E-state index contributed by atoms with van der Waals surface area (Å²) >= 11 is 1.66. The van der Waals surface area contributed by atoms with Gasteiger partial charge in [0.25, 0.3) is 0 Å². The van der Waals surface area contributed by atoms with E-state index in [9.17, 15) is 0 Å². The number of likely N-dealkylation sites (tertiary alicyclic amines) is 1. The van der Waals surface area contributed by atoms with Crippen LogP contribution in [-0.2, 0) is 11.3 Å². The van der Waals surface area contributed by atoms with E-state index in [-0.39, 0.29) is 24.0 Å². The zero-order valence-electron chi connectivity index (χ0n) is 14.4. The van der Waals surface area contributed by atoms with Crippen LogP contribution >= 0.6 is 35.3 Å². The number of hydrogen-bond donors (Lipinski definition) is 1. The molecule has 0 aromatic carbocycles. The van der Waals surface area contributed by atoms with Crippen molar-refractivity contribution in [3.8, 4) is 0 Å². The molecular weight excluding hydrogens is 451 g/mol. The van der Waals surface area contributed by atoms with Crippen molar-refractivity contribution in [2.75, 3.05) is 46.4 Å². The second-order valence-electron chi connectivity index (χ2n) is 6.26. The molecule has 0 spiro atoms. The van der Waals surface area contributed by atoms with Crippen LogP contribution in [0.4, 0.5) is 0 Å². The normalized spacial score (nSPS) is 22.4. The maximum Gasteiger partial charge on any atom is 0.194 e. The maximum atomic E-state index is 5.46. The summed E-state index contributed by atoms with van der Waals surface area (Å²) in [5, 5.41) is 5.51. The molecule has 0 aliphatic carbocycles. The molecule has 1 atom stereocenters. The number of hydrogen-bond acceptors (Lipinski definition) is 5. The van der Waals surface area contributed by atoms with Crippen molar-refractivity contribution < 1.29 is 4.74 Å². The van der Waals surface area contributed by atoms with Crippen LogP contribution in [0.5, 0.6) is 0 Å². The van der Waals surface area contributed by atoms with Gasteiger partial charge >= 0.3 is 0 Å². The third-order valence-corrected chi connectivity index (χ3v) is 5.58. The predicted molar refractivity (Wildman–Crippen MR) is 111 cm³/mol. The van der Waals surface area contributed by atoms with Crippen LogP contribution in [0.2, 0.25) is 0 Å². The summed E-state index contributed by atoms with van der Waals surface area (Å²) in [6.07, 6.45) is 5.31. The fraction of sp³-hybridized carbons (Fsp3) is 0.625. The van der Waals surface area contributed by atoms with Crippen molar-refractivity contribution in [3.05, 3.63) is 23.5 Å². The number of rotatable bonds is 3. The van der Waals surface area contributed by atoms with Crippen LogP contribution in [0, 0.1) is 0 Å². The van der Waals surface area contributed by atoms with E-state index in [1.807, 2.05) is 13.2 Å². The first-order chi connectivity index (χ1) is 11.8. The van der Waals surface area contributed by atoms with E-state index in [0.717, 1.165) is 56.0 Å². The molecule has 2 aliphatic heterocycles. The first-order valence-corrected chi connectivity index (χ1v) is 9.40. The average molecular weight is 476 g/mol. The van der Waals surface area contributed by atoms with Crippen molar-refractivity contribution in [1.29, 1.82) is 0 Å². The summed E-state index contributed by atoms with van der Waals surface area (Å²) in [6.45, 7) is 6.63. The Hall–Kier alpha value is -0.910. The standard InChI is InChI=1S/C16H24N6OS.HI/c1-17-15(18-10-13-11-22-6-9-24-16(22)19-13)21-3-2-14(12-21)20-4-7-23-8-5-20;/h6,9,11,14H,2-5,7-8,10,12H2,1H3,(H,17,18);1H. The first-order valence-electron chi connectivity index (χ1n) is 8.52. The minimum Gasteiger partial charge on any atom is -0.379 e. The Morgan fingerprint density at radius 2 is 2.24 bits per heavy atom. The van der Waals surface area contributed by atoms with E-state index in [1.165, 1.54) is 6.42 Å². The summed E-state index contributed by atoms with van der Waals surface area (Å²) in [6, 6.07) is 0.616. The number of aliphatic imine (C=N–C) groups is 1. The van der Waals surface area contributed by atoms with Crippen LogP contribution in [-0.4, -0.2) is 77.6 Å². The Morgan fingerprint density at radius 3 is 3.00 bits per heavy atom. The van der Waals surface area contributed by atoms with Gasteiger partial charge in [-0.3, -0.25) is 14.3 Å². The van der Waals surface area contributed by atoms with E-state index < -0.39 is 0 Å². The molecule has 2 saturated heterocycles. The number of aromatic nitrogens is 2. The summed E-state index contributed by atoms with van der Waals surface area (Å²) in [5.41, 5.74) is 1.05. The molecule has 4 heterocycles. The topological polar surface area (TPSA) is 57.4 Å². The highest BCUT2D eigenvalue weighted by molar-refractivity contribution is 14.0. The molecule has 7 nitrogen and oxygen atoms in total. The molecule has 1 unspecified atom stereocenters. The molecule has 0 bridgehead atoms. The molecule has 0 amide bonds. The summed E-state index contributed by atoms with van der Waals surface area (Å²) in [5.74, 6) is 0.974. The molecule has 1 N–H and O–H groups in total. The number of thiazole rings is 1. The van der Waals surface area contributed by atoms with Crippen LogP contribution < -0.4 is 5.32 Å². The molecule has 0 radical (unpaired) electrons. The number of fused-ring (bicyclic) bond motifs is 1. The molecular formula is C16H25IN6OS. The van der Waals surface area contributed by atoms with Crippen molar-refractivity contribution in [2.24, 2.45) is 4.99 Å². The highest BCUT2D eigenvalue weighted by Crippen LogP contribution is 2.17. The minimum absolute atomic E-state index is 0. The Bertz CT molecular complexity index is 682. The van der Waals surface area contributed by atoms with Gasteiger partial charge in [0.2, 0.25) is 0 Å². The average Bonchev–Trinajstić information content (AvgIpc) is 3.32. The lowest BCUT2D eigenvalue weighted by Crippen LogP contribution is -2.46. The second kappa shape index (κ2) is 8.65. The predicted octanol–water partition coefficient (Wildman–Crippen LogP) is 1.50. The molecule has 25 heavy (non-hydrogen) atoms. The first kappa shape index (κ1) is 18.9. The Labute approximate surface area is 169 Å². The third kappa shape index (κ3) is 4.26. The van der Waals surface area contributed by atoms with E-state index in [1.54, 1.807) is 11.3 Å². The zero-order chi connectivity index (χ0) is 16.4. The van der Waals surface area contributed by atoms with Crippen molar-refractivity contribution in [1.82, 2.24) is 24.5 Å². The van der Waals surface area contributed by atoms with Gasteiger partial charge in [-0.2, -0.15) is 0 Å². The lowest BCUT2D eigenvalue weighted by Gasteiger charge is -2.32.